The van der Waals surface area contributed by atoms with E-state index in [1.165, 1.54) is 0 Å². The SMILES string of the molecule is CC1NC(=NCCO)NN=C1c1ccccc1. The van der Waals surface area contributed by atoms with Crippen molar-refractivity contribution in [1.29, 1.82) is 0 Å². The third-order valence-electron chi connectivity index (χ3n) is 2.49. The van der Waals surface area contributed by atoms with Gasteiger partial charge in [0.15, 0.2) is 0 Å². The molecule has 0 aliphatic carbocycles. The smallest absolute Gasteiger partial charge is 0.212 e. The number of hydrogen-bond acceptors (Lipinski definition) is 3. The molecule has 1 aromatic carbocycles. The summed E-state index contributed by atoms with van der Waals surface area (Å²) >= 11 is 0. The van der Waals surface area contributed by atoms with Gasteiger partial charge in [-0.3, -0.25) is 0 Å². The van der Waals surface area contributed by atoms with Gasteiger partial charge in [0, 0.05) is 0 Å². The molecule has 5 heteroatoms. The van der Waals surface area contributed by atoms with Gasteiger partial charge in [-0.15, -0.1) is 0 Å². The van der Waals surface area contributed by atoms with Crippen LogP contribution in [-0.4, -0.2) is 36.0 Å². The minimum absolute atomic E-state index is 0.0382. The van der Waals surface area contributed by atoms with E-state index < -0.39 is 0 Å². The fourth-order valence-electron chi connectivity index (χ4n) is 1.68. The summed E-state index contributed by atoms with van der Waals surface area (Å²) < 4.78 is 0. The Hall–Kier alpha value is -1.88. The van der Waals surface area contributed by atoms with Gasteiger partial charge < -0.3 is 10.4 Å². The first-order valence-electron chi connectivity index (χ1n) is 5.62. The molecule has 0 radical (unpaired) electrons. The van der Waals surface area contributed by atoms with Crippen molar-refractivity contribution >= 4 is 11.7 Å². The molecule has 1 unspecified atom stereocenters. The van der Waals surface area contributed by atoms with Crippen molar-refractivity contribution in [2.24, 2.45) is 10.1 Å². The lowest BCUT2D eigenvalue weighted by atomic mass is 10.0. The number of hydrazone groups is 1. The first-order chi connectivity index (χ1) is 8.31. The number of rotatable bonds is 3. The summed E-state index contributed by atoms with van der Waals surface area (Å²) in [7, 11) is 0. The van der Waals surface area contributed by atoms with Crippen molar-refractivity contribution in [3.8, 4) is 0 Å². The van der Waals surface area contributed by atoms with E-state index >= 15 is 0 Å². The van der Waals surface area contributed by atoms with E-state index in [-0.39, 0.29) is 12.6 Å². The highest BCUT2D eigenvalue weighted by Gasteiger charge is 2.18. The molecule has 1 heterocycles. The molecule has 3 N–H and O–H groups in total. The summed E-state index contributed by atoms with van der Waals surface area (Å²) in [5, 5.41) is 16.2. The third-order valence-corrected chi connectivity index (χ3v) is 2.49. The molecule has 0 saturated carbocycles. The minimum atomic E-state index is 0.0382. The van der Waals surface area contributed by atoms with E-state index in [1.54, 1.807) is 0 Å². The molecular formula is C12H16N4O. The predicted molar refractivity (Wildman–Crippen MR) is 68.1 cm³/mol. The van der Waals surface area contributed by atoms with Crippen LogP contribution in [0.5, 0.6) is 0 Å². The fraction of sp³-hybridized carbons (Fsp3) is 0.333. The lowest BCUT2D eigenvalue weighted by Crippen LogP contribution is -2.49. The molecule has 0 bridgehead atoms. The van der Waals surface area contributed by atoms with Gasteiger partial charge in [-0.25, -0.2) is 10.4 Å². The second kappa shape index (κ2) is 5.45. The number of aliphatic imine (C=N–C) groups is 1. The number of nitrogens with zero attached hydrogens (tertiary/aromatic N) is 2. The summed E-state index contributed by atoms with van der Waals surface area (Å²) in [6, 6.07) is 10.1. The standard InChI is InChI=1S/C12H16N4O/c1-9-11(10-5-3-2-4-6-10)15-16-12(14-9)13-7-8-17/h2-6,9,17H,7-8H2,1H3,(H2,13,14,16). The highest BCUT2D eigenvalue weighted by molar-refractivity contribution is 6.07. The van der Waals surface area contributed by atoms with E-state index in [1.807, 2.05) is 37.3 Å². The first-order valence-corrected chi connectivity index (χ1v) is 5.62. The Kier molecular flexibility index (Phi) is 3.72. The Labute approximate surface area is 100 Å². The first kappa shape index (κ1) is 11.6. The lowest BCUT2D eigenvalue weighted by molar-refractivity contribution is 0.306. The molecule has 0 saturated heterocycles. The summed E-state index contributed by atoms with van der Waals surface area (Å²) in [5.74, 6) is 0.603. The van der Waals surface area contributed by atoms with Gasteiger partial charge in [0.1, 0.15) is 0 Å². The summed E-state index contributed by atoms with van der Waals surface area (Å²) in [5.41, 5.74) is 4.89. The van der Waals surface area contributed by atoms with Crippen LogP contribution in [0, 0.1) is 0 Å². The van der Waals surface area contributed by atoms with Gasteiger partial charge in [0.25, 0.3) is 0 Å². The van der Waals surface area contributed by atoms with Crippen LogP contribution in [-0.2, 0) is 0 Å². The summed E-state index contributed by atoms with van der Waals surface area (Å²) in [6.07, 6.45) is 0. The second-order valence-electron chi connectivity index (χ2n) is 3.79. The van der Waals surface area contributed by atoms with Gasteiger partial charge in [0.2, 0.25) is 5.96 Å². The Bertz CT molecular complexity index is 427. The van der Waals surface area contributed by atoms with Crippen molar-refractivity contribution in [3.63, 3.8) is 0 Å². The zero-order valence-electron chi connectivity index (χ0n) is 9.72. The monoisotopic (exact) mass is 232 g/mol. The minimum Gasteiger partial charge on any atom is -0.394 e. The highest BCUT2D eigenvalue weighted by atomic mass is 16.3. The molecule has 5 nitrogen and oxygen atoms in total. The fourth-order valence-corrected chi connectivity index (χ4v) is 1.68. The zero-order valence-corrected chi connectivity index (χ0v) is 9.72. The van der Waals surface area contributed by atoms with E-state index in [0.717, 1.165) is 11.3 Å². The number of guanidine groups is 1. The Balaban J connectivity index is 2.14. The molecule has 1 aliphatic heterocycles. The average molecular weight is 232 g/mol. The molecule has 90 valence electrons. The van der Waals surface area contributed by atoms with Crippen LogP contribution in [0.4, 0.5) is 0 Å². The van der Waals surface area contributed by atoms with Crippen molar-refractivity contribution < 1.29 is 5.11 Å². The van der Waals surface area contributed by atoms with Gasteiger partial charge in [-0.05, 0) is 12.5 Å². The van der Waals surface area contributed by atoms with E-state index in [0.29, 0.717) is 12.5 Å². The summed E-state index contributed by atoms with van der Waals surface area (Å²) in [4.78, 5) is 4.12. The number of aliphatic hydroxyl groups is 1. The normalized spacial score (nSPS) is 21.6. The number of hydrogen-bond donors (Lipinski definition) is 3. The molecule has 0 aromatic heterocycles. The number of benzene rings is 1. The third kappa shape index (κ3) is 2.82. The lowest BCUT2D eigenvalue weighted by Gasteiger charge is -2.24. The van der Waals surface area contributed by atoms with Crippen molar-refractivity contribution in [1.82, 2.24) is 10.7 Å². The molecule has 17 heavy (non-hydrogen) atoms. The number of nitrogens with one attached hydrogen (secondary N) is 2. The largest absolute Gasteiger partial charge is 0.394 e. The van der Waals surface area contributed by atoms with Crippen molar-refractivity contribution in [3.05, 3.63) is 35.9 Å². The molecule has 1 atom stereocenters. The molecule has 2 rings (SSSR count). The molecule has 0 fully saturated rings. The molecule has 1 aromatic rings. The van der Waals surface area contributed by atoms with E-state index in [2.05, 4.69) is 20.8 Å². The van der Waals surface area contributed by atoms with Crippen LogP contribution in [0.1, 0.15) is 12.5 Å². The van der Waals surface area contributed by atoms with Gasteiger partial charge >= 0.3 is 0 Å². The Morgan fingerprint density at radius 3 is 2.76 bits per heavy atom. The molecule has 0 amide bonds. The number of aliphatic hydroxyl groups excluding tert-OH is 1. The second-order valence-corrected chi connectivity index (χ2v) is 3.79. The maximum Gasteiger partial charge on any atom is 0.212 e. The highest BCUT2D eigenvalue weighted by Crippen LogP contribution is 2.06. The average Bonchev–Trinajstić information content (AvgIpc) is 2.37. The van der Waals surface area contributed by atoms with Crippen LogP contribution in [0.15, 0.2) is 40.4 Å². The van der Waals surface area contributed by atoms with Crippen molar-refractivity contribution in [2.45, 2.75) is 13.0 Å². The van der Waals surface area contributed by atoms with E-state index in [4.69, 9.17) is 5.11 Å². The van der Waals surface area contributed by atoms with Crippen LogP contribution in [0.25, 0.3) is 0 Å². The zero-order chi connectivity index (χ0) is 12.1. The van der Waals surface area contributed by atoms with Crippen molar-refractivity contribution in [2.75, 3.05) is 13.2 Å². The van der Waals surface area contributed by atoms with Gasteiger partial charge in [-0.1, -0.05) is 30.3 Å². The maximum atomic E-state index is 8.69. The van der Waals surface area contributed by atoms with Crippen LogP contribution < -0.4 is 10.7 Å². The van der Waals surface area contributed by atoms with Gasteiger partial charge in [-0.2, -0.15) is 5.10 Å². The molecule has 0 spiro atoms. The molecule has 1 aliphatic rings. The molecular weight excluding hydrogens is 216 g/mol. The topological polar surface area (TPSA) is 69.0 Å². The predicted octanol–water partition coefficient (Wildman–Crippen LogP) is 0.320. The van der Waals surface area contributed by atoms with Crippen LogP contribution in [0.3, 0.4) is 0 Å². The van der Waals surface area contributed by atoms with Gasteiger partial charge in [0.05, 0.1) is 24.9 Å². The van der Waals surface area contributed by atoms with E-state index in [9.17, 15) is 0 Å². The summed E-state index contributed by atoms with van der Waals surface area (Å²) in [6.45, 7) is 2.44. The Morgan fingerprint density at radius 2 is 2.12 bits per heavy atom. The van der Waals surface area contributed by atoms with Crippen LogP contribution >= 0.6 is 0 Å². The quantitative estimate of drug-likeness (QED) is 0.703. The van der Waals surface area contributed by atoms with Crippen LogP contribution in [0.2, 0.25) is 0 Å². The Morgan fingerprint density at radius 1 is 1.35 bits per heavy atom. The maximum absolute atomic E-state index is 8.69.